The smallest absolute Gasteiger partial charge is 0.251 e. The van der Waals surface area contributed by atoms with Crippen molar-refractivity contribution in [2.45, 2.75) is 39.7 Å². The summed E-state index contributed by atoms with van der Waals surface area (Å²) >= 11 is 0. The van der Waals surface area contributed by atoms with Crippen LogP contribution >= 0.6 is 0 Å². The number of hydrogen-bond donors (Lipinski definition) is 1. The fourth-order valence-electron chi connectivity index (χ4n) is 4.62. The molecule has 1 aliphatic heterocycles. The molecule has 0 aromatic heterocycles. The zero-order chi connectivity index (χ0) is 23.8. The van der Waals surface area contributed by atoms with Gasteiger partial charge < -0.3 is 10.1 Å². The van der Waals surface area contributed by atoms with Gasteiger partial charge in [0.15, 0.2) is 0 Å². The quantitative estimate of drug-likeness (QED) is 0.428. The molecule has 178 valence electrons. The first-order valence-corrected chi connectivity index (χ1v) is 12.4. The predicted octanol–water partition coefficient (Wildman–Crippen LogP) is 5.57. The Labute approximate surface area is 204 Å². The third kappa shape index (κ3) is 6.71. The Bertz CT molecular complexity index is 1050. The molecular weight excluding hydrogens is 420 g/mol. The van der Waals surface area contributed by atoms with Crippen molar-refractivity contribution in [2.75, 3.05) is 26.2 Å². The van der Waals surface area contributed by atoms with Crippen LogP contribution in [0.25, 0.3) is 0 Å². The molecule has 0 radical (unpaired) electrons. The van der Waals surface area contributed by atoms with Crippen LogP contribution in [0.5, 0.6) is 5.75 Å². The van der Waals surface area contributed by atoms with E-state index in [1.807, 2.05) is 24.3 Å². The van der Waals surface area contributed by atoms with E-state index in [2.05, 4.69) is 72.6 Å². The number of nitrogens with one attached hydrogen (secondary N) is 1. The summed E-state index contributed by atoms with van der Waals surface area (Å²) in [6.07, 6.45) is 3.69. The van der Waals surface area contributed by atoms with E-state index >= 15 is 0 Å². The van der Waals surface area contributed by atoms with Gasteiger partial charge in [-0.2, -0.15) is 0 Å². The van der Waals surface area contributed by atoms with Gasteiger partial charge >= 0.3 is 0 Å². The van der Waals surface area contributed by atoms with Crippen LogP contribution in [0.4, 0.5) is 0 Å². The number of carbonyl (C=O) groups is 1. The average Bonchev–Trinajstić information content (AvgIpc) is 2.86. The van der Waals surface area contributed by atoms with Crippen molar-refractivity contribution in [1.82, 2.24) is 10.2 Å². The fraction of sp³-hybridized carbons (Fsp3) is 0.367. The molecule has 0 saturated carbocycles. The largest absolute Gasteiger partial charge is 0.491 e. The third-order valence-electron chi connectivity index (χ3n) is 6.90. The summed E-state index contributed by atoms with van der Waals surface area (Å²) in [5, 5.41) is 2.95. The van der Waals surface area contributed by atoms with E-state index in [1.54, 1.807) is 0 Å². The molecular formula is C30H36N2O2. The van der Waals surface area contributed by atoms with Crippen LogP contribution in [0.3, 0.4) is 0 Å². The number of likely N-dealkylation sites (tertiary alicyclic amines) is 1. The molecule has 1 fully saturated rings. The Morgan fingerprint density at radius 2 is 1.65 bits per heavy atom. The molecule has 4 heteroatoms. The van der Waals surface area contributed by atoms with Gasteiger partial charge in [0.1, 0.15) is 12.4 Å². The monoisotopic (exact) mass is 456 g/mol. The zero-order valence-corrected chi connectivity index (χ0v) is 20.4. The maximum absolute atomic E-state index is 12.5. The van der Waals surface area contributed by atoms with Crippen LogP contribution in [0.1, 0.15) is 45.5 Å². The van der Waals surface area contributed by atoms with Crippen molar-refractivity contribution in [3.05, 3.63) is 101 Å². The number of carbonyl (C=O) groups excluding carboxylic acids is 1. The number of amides is 1. The predicted molar refractivity (Wildman–Crippen MR) is 138 cm³/mol. The molecule has 3 aromatic rings. The van der Waals surface area contributed by atoms with Crippen molar-refractivity contribution in [2.24, 2.45) is 5.92 Å². The van der Waals surface area contributed by atoms with E-state index in [0.717, 1.165) is 36.9 Å². The molecule has 0 atom stereocenters. The summed E-state index contributed by atoms with van der Waals surface area (Å²) in [5.41, 5.74) is 5.75. The number of piperidine rings is 1. The minimum atomic E-state index is -0.0576. The topological polar surface area (TPSA) is 41.6 Å². The van der Waals surface area contributed by atoms with E-state index in [-0.39, 0.29) is 5.91 Å². The Kier molecular flexibility index (Phi) is 8.37. The lowest BCUT2D eigenvalue weighted by Crippen LogP contribution is -2.33. The van der Waals surface area contributed by atoms with Gasteiger partial charge in [0, 0.05) is 12.1 Å². The lowest BCUT2D eigenvalue weighted by Gasteiger charge is -2.32. The first-order chi connectivity index (χ1) is 16.6. The number of ether oxygens (including phenoxy) is 1. The molecule has 0 bridgehead atoms. The number of rotatable bonds is 9. The Hall–Kier alpha value is -3.11. The molecule has 1 amide bonds. The molecule has 4 nitrogen and oxygen atoms in total. The van der Waals surface area contributed by atoms with Crippen molar-refractivity contribution >= 4 is 5.91 Å². The van der Waals surface area contributed by atoms with Gasteiger partial charge in [-0.1, -0.05) is 54.6 Å². The summed E-state index contributed by atoms with van der Waals surface area (Å²) in [6.45, 7) is 8.28. The SMILES string of the molecule is Cc1cccc(OCCNC(=O)c2ccc(CN3CCC(Cc4ccccc4)CC3)cc2)c1C. The number of nitrogens with zero attached hydrogens (tertiary/aromatic N) is 1. The molecule has 1 N–H and O–H groups in total. The van der Waals surface area contributed by atoms with E-state index in [4.69, 9.17) is 4.74 Å². The lowest BCUT2D eigenvalue weighted by atomic mass is 9.90. The highest BCUT2D eigenvalue weighted by Crippen LogP contribution is 2.23. The summed E-state index contributed by atoms with van der Waals surface area (Å²) < 4.78 is 5.83. The summed E-state index contributed by atoms with van der Waals surface area (Å²) in [7, 11) is 0. The number of benzene rings is 3. The van der Waals surface area contributed by atoms with Gasteiger partial charge in [0.2, 0.25) is 0 Å². The molecule has 34 heavy (non-hydrogen) atoms. The molecule has 0 spiro atoms. The Balaban J connectivity index is 1.17. The van der Waals surface area contributed by atoms with Gasteiger partial charge in [0.05, 0.1) is 6.54 Å². The first kappa shape index (κ1) is 24.0. The van der Waals surface area contributed by atoms with Gasteiger partial charge in [0.25, 0.3) is 5.91 Å². The van der Waals surface area contributed by atoms with Gasteiger partial charge in [-0.15, -0.1) is 0 Å². The minimum Gasteiger partial charge on any atom is -0.491 e. The molecule has 1 heterocycles. The third-order valence-corrected chi connectivity index (χ3v) is 6.90. The zero-order valence-electron chi connectivity index (χ0n) is 20.4. The molecule has 1 saturated heterocycles. The highest BCUT2D eigenvalue weighted by Gasteiger charge is 2.19. The second kappa shape index (κ2) is 11.8. The van der Waals surface area contributed by atoms with Crippen molar-refractivity contribution < 1.29 is 9.53 Å². The van der Waals surface area contributed by atoms with E-state index in [1.165, 1.54) is 36.0 Å². The minimum absolute atomic E-state index is 0.0576. The van der Waals surface area contributed by atoms with Crippen LogP contribution < -0.4 is 10.1 Å². The van der Waals surface area contributed by atoms with Gasteiger partial charge in [-0.3, -0.25) is 9.69 Å². The normalized spacial score (nSPS) is 14.6. The van der Waals surface area contributed by atoms with Gasteiger partial charge in [-0.25, -0.2) is 0 Å². The Morgan fingerprint density at radius 1 is 0.912 bits per heavy atom. The second-order valence-corrected chi connectivity index (χ2v) is 9.41. The molecule has 1 aliphatic rings. The van der Waals surface area contributed by atoms with Crippen LogP contribution in [0.15, 0.2) is 72.8 Å². The van der Waals surface area contributed by atoms with Crippen LogP contribution in [0, 0.1) is 19.8 Å². The molecule has 0 unspecified atom stereocenters. The fourth-order valence-corrected chi connectivity index (χ4v) is 4.62. The van der Waals surface area contributed by atoms with Gasteiger partial charge in [-0.05, 0) is 92.6 Å². The van der Waals surface area contributed by atoms with Crippen molar-refractivity contribution in [3.63, 3.8) is 0 Å². The van der Waals surface area contributed by atoms with Crippen LogP contribution in [-0.2, 0) is 13.0 Å². The average molecular weight is 457 g/mol. The lowest BCUT2D eigenvalue weighted by molar-refractivity contribution is 0.0947. The summed E-state index contributed by atoms with van der Waals surface area (Å²) in [5.74, 6) is 1.60. The highest BCUT2D eigenvalue weighted by molar-refractivity contribution is 5.94. The maximum atomic E-state index is 12.5. The maximum Gasteiger partial charge on any atom is 0.251 e. The molecule has 0 aliphatic carbocycles. The second-order valence-electron chi connectivity index (χ2n) is 9.41. The molecule has 3 aromatic carbocycles. The number of hydrogen-bond acceptors (Lipinski definition) is 3. The van der Waals surface area contributed by atoms with Crippen molar-refractivity contribution in [3.8, 4) is 5.75 Å². The van der Waals surface area contributed by atoms with E-state index in [0.29, 0.717) is 18.7 Å². The van der Waals surface area contributed by atoms with Crippen molar-refractivity contribution in [1.29, 1.82) is 0 Å². The van der Waals surface area contributed by atoms with E-state index in [9.17, 15) is 4.79 Å². The van der Waals surface area contributed by atoms with Crippen LogP contribution in [0.2, 0.25) is 0 Å². The number of aryl methyl sites for hydroxylation is 1. The van der Waals surface area contributed by atoms with E-state index < -0.39 is 0 Å². The molecule has 4 rings (SSSR count). The first-order valence-electron chi connectivity index (χ1n) is 12.4. The highest BCUT2D eigenvalue weighted by atomic mass is 16.5. The summed E-state index contributed by atoms with van der Waals surface area (Å²) in [6, 6.07) is 24.9. The Morgan fingerprint density at radius 3 is 2.38 bits per heavy atom. The standard InChI is InChI=1S/C30H36N2O2/c1-23-7-6-10-29(24(23)2)34-20-17-31-30(33)28-13-11-27(12-14-28)22-32-18-15-26(16-19-32)21-25-8-4-3-5-9-25/h3-14,26H,15-22H2,1-2H3,(H,31,33). The summed E-state index contributed by atoms with van der Waals surface area (Å²) in [4.78, 5) is 15.0. The van der Waals surface area contributed by atoms with Crippen LogP contribution in [-0.4, -0.2) is 37.0 Å².